The highest BCUT2D eigenvalue weighted by molar-refractivity contribution is 5.86. The van der Waals surface area contributed by atoms with Crippen LogP contribution in [0.1, 0.15) is 49.3 Å². The molecule has 0 radical (unpaired) electrons. The van der Waals surface area contributed by atoms with Gasteiger partial charge >= 0.3 is 0 Å². The summed E-state index contributed by atoms with van der Waals surface area (Å²) in [4.78, 5) is 12.4. The molecule has 2 aromatic carbocycles. The lowest BCUT2D eigenvalue weighted by Crippen LogP contribution is -2.55. The lowest BCUT2D eigenvalue weighted by atomic mass is 9.82. The van der Waals surface area contributed by atoms with Crippen molar-refractivity contribution in [1.29, 1.82) is 0 Å². The van der Waals surface area contributed by atoms with E-state index >= 15 is 0 Å². The molecule has 152 valence electrons. The summed E-state index contributed by atoms with van der Waals surface area (Å²) in [6.07, 6.45) is 3.70. The molecule has 1 unspecified atom stereocenters. The van der Waals surface area contributed by atoms with Crippen LogP contribution in [0.5, 0.6) is 5.75 Å². The van der Waals surface area contributed by atoms with Crippen LogP contribution < -0.4 is 15.8 Å². The van der Waals surface area contributed by atoms with Crippen LogP contribution in [-0.2, 0) is 11.4 Å². The maximum Gasteiger partial charge on any atom is 0.240 e. The van der Waals surface area contributed by atoms with Crippen LogP contribution in [-0.4, -0.2) is 23.1 Å². The number of carbonyl (C=O) groups excluding carboxylic acids is 1. The molecule has 1 aliphatic carbocycles. The molecule has 2 aromatic rings. The summed E-state index contributed by atoms with van der Waals surface area (Å²) in [5, 5.41) is 13.3. The second kappa shape index (κ2) is 10.5. The van der Waals surface area contributed by atoms with E-state index < -0.39 is 11.6 Å². The highest BCUT2D eigenvalue weighted by Crippen LogP contribution is 2.26. The van der Waals surface area contributed by atoms with Crippen molar-refractivity contribution in [2.24, 2.45) is 5.73 Å². The molecule has 1 saturated carbocycles. The van der Waals surface area contributed by atoms with Crippen LogP contribution in [0.4, 0.5) is 0 Å². The zero-order valence-electron chi connectivity index (χ0n) is 16.0. The van der Waals surface area contributed by atoms with Gasteiger partial charge < -0.3 is 20.9 Å². The van der Waals surface area contributed by atoms with Crippen LogP contribution in [0.25, 0.3) is 0 Å². The summed E-state index contributed by atoms with van der Waals surface area (Å²) in [6, 6.07) is 17.2. The second-order valence-corrected chi connectivity index (χ2v) is 7.29. The van der Waals surface area contributed by atoms with E-state index in [1.54, 1.807) is 6.07 Å². The largest absolute Gasteiger partial charge is 0.489 e. The van der Waals surface area contributed by atoms with Gasteiger partial charge in [-0.2, -0.15) is 0 Å². The van der Waals surface area contributed by atoms with Crippen LogP contribution in [0.15, 0.2) is 54.6 Å². The van der Waals surface area contributed by atoms with Crippen LogP contribution >= 0.6 is 12.4 Å². The molecule has 0 heterocycles. The predicted molar refractivity (Wildman–Crippen MR) is 112 cm³/mol. The van der Waals surface area contributed by atoms with Gasteiger partial charge in [-0.3, -0.25) is 4.79 Å². The van der Waals surface area contributed by atoms with Gasteiger partial charge in [0.05, 0.1) is 11.6 Å². The molecule has 4 N–H and O–H groups in total. The van der Waals surface area contributed by atoms with Crippen molar-refractivity contribution in [1.82, 2.24) is 5.32 Å². The molecule has 0 aliphatic heterocycles. The first-order valence-corrected chi connectivity index (χ1v) is 9.59. The summed E-state index contributed by atoms with van der Waals surface area (Å²) >= 11 is 0. The Morgan fingerprint density at radius 1 is 1.11 bits per heavy atom. The van der Waals surface area contributed by atoms with Gasteiger partial charge in [0.1, 0.15) is 12.4 Å². The van der Waals surface area contributed by atoms with Gasteiger partial charge in [0, 0.05) is 6.54 Å². The number of carbonyl (C=O) groups is 1. The predicted octanol–water partition coefficient (Wildman–Crippen LogP) is 3.50. The number of hydrogen-bond donors (Lipinski definition) is 3. The van der Waals surface area contributed by atoms with E-state index in [0.717, 1.165) is 24.8 Å². The minimum Gasteiger partial charge on any atom is -0.489 e. The summed E-state index contributed by atoms with van der Waals surface area (Å²) in [6.45, 7) is 0.604. The Hall–Kier alpha value is -2.08. The van der Waals surface area contributed by atoms with E-state index in [1.807, 2.05) is 48.5 Å². The van der Waals surface area contributed by atoms with E-state index in [9.17, 15) is 9.90 Å². The molecule has 3 rings (SSSR count). The number of nitrogens with two attached hydrogens (primary N) is 1. The molecule has 1 aliphatic rings. The van der Waals surface area contributed by atoms with Gasteiger partial charge in [0.15, 0.2) is 0 Å². The molecular weight excluding hydrogens is 376 g/mol. The smallest absolute Gasteiger partial charge is 0.240 e. The number of amides is 1. The molecule has 0 bridgehead atoms. The van der Waals surface area contributed by atoms with Crippen molar-refractivity contribution in [2.75, 3.05) is 6.54 Å². The highest BCUT2D eigenvalue weighted by Gasteiger charge is 2.35. The van der Waals surface area contributed by atoms with Gasteiger partial charge in [0.2, 0.25) is 5.91 Å². The van der Waals surface area contributed by atoms with Crippen LogP contribution in [0.2, 0.25) is 0 Å². The fourth-order valence-electron chi connectivity index (χ4n) is 3.45. The van der Waals surface area contributed by atoms with Gasteiger partial charge in [-0.1, -0.05) is 61.7 Å². The number of aliphatic hydroxyl groups excluding tert-OH is 1. The Labute approximate surface area is 172 Å². The van der Waals surface area contributed by atoms with E-state index in [1.165, 1.54) is 0 Å². The van der Waals surface area contributed by atoms with Crippen molar-refractivity contribution in [3.05, 3.63) is 65.7 Å². The van der Waals surface area contributed by atoms with E-state index in [4.69, 9.17) is 10.5 Å². The number of benzene rings is 2. The van der Waals surface area contributed by atoms with Gasteiger partial charge in [-0.05, 0) is 36.1 Å². The summed E-state index contributed by atoms with van der Waals surface area (Å²) in [5.41, 5.74) is 7.22. The van der Waals surface area contributed by atoms with Crippen LogP contribution in [0, 0.1) is 0 Å². The lowest BCUT2D eigenvalue weighted by molar-refractivity contribution is -0.128. The van der Waals surface area contributed by atoms with Crippen molar-refractivity contribution in [2.45, 2.75) is 50.4 Å². The summed E-state index contributed by atoms with van der Waals surface area (Å²) < 4.78 is 5.80. The molecule has 28 heavy (non-hydrogen) atoms. The van der Waals surface area contributed by atoms with Gasteiger partial charge in [-0.25, -0.2) is 0 Å². The molecular formula is C22H29ClN2O3. The van der Waals surface area contributed by atoms with Gasteiger partial charge in [-0.15, -0.1) is 12.4 Å². The van der Waals surface area contributed by atoms with Crippen molar-refractivity contribution in [3.8, 4) is 5.75 Å². The maximum absolute atomic E-state index is 12.4. The minimum atomic E-state index is -0.804. The normalized spacial score (nSPS) is 16.5. The first kappa shape index (κ1) is 22.2. The molecule has 0 spiro atoms. The third-order valence-electron chi connectivity index (χ3n) is 5.15. The zero-order chi connectivity index (χ0) is 19.1. The number of ether oxygens (including phenoxy) is 1. The van der Waals surface area contributed by atoms with Crippen molar-refractivity contribution in [3.63, 3.8) is 0 Å². The fourth-order valence-corrected chi connectivity index (χ4v) is 3.45. The topological polar surface area (TPSA) is 84.6 Å². The SMILES string of the molecule is Cl.NC1(C(=O)NCC(O)c2cccc(OCc3ccccc3)c2)CCCCC1. The minimum absolute atomic E-state index is 0. The molecule has 6 heteroatoms. The number of halogens is 1. The fraction of sp³-hybridized carbons (Fsp3) is 0.409. The van der Waals surface area contributed by atoms with E-state index in [-0.39, 0.29) is 24.9 Å². The third-order valence-corrected chi connectivity index (χ3v) is 5.15. The monoisotopic (exact) mass is 404 g/mol. The number of aliphatic hydroxyl groups is 1. The first-order valence-electron chi connectivity index (χ1n) is 9.59. The highest BCUT2D eigenvalue weighted by atomic mass is 35.5. The molecule has 0 aromatic heterocycles. The first-order chi connectivity index (χ1) is 13.1. The average Bonchev–Trinajstić information content (AvgIpc) is 2.71. The zero-order valence-corrected chi connectivity index (χ0v) is 16.8. The molecule has 1 atom stereocenters. The van der Waals surface area contributed by atoms with Gasteiger partial charge in [0.25, 0.3) is 0 Å². The van der Waals surface area contributed by atoms with Crippen LogP contribution in [0.3, 0.4) is 0 Å². The molecule has 0 saturated heterocycles. The number of hydrogen-bond acceptors (Lipinski definition) is 4. The Morgan fingerprint density at radius 3 is 2.54 bits per heavy atom. The maximum atomic E-state index is 12.4. The number of rotatable bonds is 7. The summed E-state index contributed by atoms with van der Waals surface area (Å²) in [5.74, 6) is 0.516. The van der Waals surface area contributed by atoms with Crippen molar-refractivity contribution < 1.29 is 14.6 Å². The standard InChI is InChI=1S/C22H28N2O3.ClH/c23-22(12-5-2-6-13-22)21(26)24-15-20(25)18-10-7-11-19(14-18)27-16-17-8-3-1-4-9-17;/h1,3-4,7-11,14,20,25H,2,5-6,12-13,15-16,23H2,(H,24,26);1H. The third kappa shape index (κ3) is 5.96. The average molecular weight is 405 g/mol. The Kier molecular flexibility index (Phi) is 8.30. The van der Waals surface area contributed by atoms with Crippen molar-refractivity contribution >= 4 is 18.3 Å². The Morgan fingerprint density at radius 2 is 1.82 bits per heavy atom. The molecule has 5 nitrogen and oxygen atoms in total. The number of nitrogens with one attached hydrogen (secondary N) is 1. The molecule has 1 amide bonds. The summed E-state index contributed by atoms with van der Waals surface area (Å²) in [7, 11) is 0. The molecule has 1 fully saturated rings. The Bertz CT molecular complexity index is 748. The Balaban J connectivity index is 0.00000280. The van der Waals surface area contributed by atoms with E-state index in [0.29, 0.717) is 30.8 Å². The lowest BCUT2D eigenvalue weighted by Gasteiger charge is -2.32. The quantitative estimate of drug-likeness (QED) is 0.659. The van der Waals surface area contributed by atoms with E-state index in [2.05, 4.69) is 5.32 Å². The second-order valence-electron chi connectivity index (χ2n) is 7.29.